The monoisotopic (exact) mass is 194 g/mol. The van der Waals surface area contributed by atoms with Crippen LogP contribution in [0.15, 0.2) is 6.20 Å². The van der Waals surface area contributed by atoms with Crippen LogP contribution in [0.2, 0.25) is 0 Å². The van der Waals surface area contributed by atoms with Crippen LogP contribution in [-0.4, -0.2) is 38.3 Å². The maximum Gasteiger partial charge on any atom is 0.276 e. The second-order valence-electron chi connectivity index (χ2n) is 4.23. The molecule has 0 radical (unpaired) electrons. The van der Waals surface area contributed by atoms with Crippen LogP contribution in [0.1, 0.15) is 37.2 Å². The second kappa shape index (κ2) is 3.08. The summed E-state index contributed by atoms with van der Waals surface area (Å²) in [7, 11) is 0. The van der Waals surface area contributed by atoms with Crippen molar-refractivity contribution < 1.29 is 4.79 Å². The van der Waals surface area contributed by atoms with Gasteiger partial charge in [0.1, 0.15) is 0 Å². The van der Waals surface area contributed by atoms with E-state index in [1.165, 1.54) is 6.20 Å². The zero-order valence-corrected chi connectivity index (χ0v) is 8.45. The number of likely N-dealkylation sites (tertiary alicyclic amines) is 1. The Morgan fingerprint density at radius 1 is 1.64 bits per heavy atom. The van der Waals surface area contributed by atoms with E-state index in [-0.39, 0.29) is 11.4 Å². The SMILES string of the molecule is CC1(C)CCCN1C(=O)c1cn[nH]n1. The second-order valence-corrected chi connectivity index (χ2v) is 4.23. The van der Waals surface area contributed by atoms with Crippen LogP contribution < -0.4 is 0 Å². The number of aromatic amines is 1. The van der Waals surface area contributed by atoms with E-state index in [1.807, 2.05) is 4.90 Å². The van der Waals surface area contributed by atoms with E-state index >= 15 is 0 Å². The predicted molar refractivity (Wildman–Crippen MR) is 50.7 cm³/mol. The molecule has 1 aromatic rings. The van der Waals surface area contributed by atoms with Crippen LogP contribution in [0.5, 0.6) is 0 Å². The minimum atomic E-state index is -0.0456. The Labute approximate surface area is 82.5 Å². The molecule has 1 aliphatic heterocycles. The molecule has 2 rings (SSSR count). The fourth-order valence-electron chi connectivity index (χ4n) is 1.93. The summed E-state index contributed by atoms with van der Waals surface area (Å²) in [5, 5.41) is 9.89. The van der Waals surface area contributed by atoms with Gasteiger partial charge in [-0.3, -0.25) is 4.79 Å². The first kappa shape index (κ1) is 9.18. The number of hydrogen-bond acceptors (Lipinski definition) is 3. The van der Waals surface area contributed by atoms with Crippen molar-refractivity contribution in [3.05, 3.63) is 11.9 Å². The van der Waals surface area contributed by atoms with Gasteiger partial charge in [0.15, 0.2) is 5.69 Å². The summed E-state index contributed by atoms with van der Waals surface area (Å²) in [5.74, 6) is -0.0266. The molecule has 1 saturated heterocycles. The molecule has 2 heterocycles. The lowest BCUT2D eigenvalue weighted by Gasteiger charge is -2.30. The summed E-state index contributed by atoms with van der Waals surface area (Å²) in [4.78, 5) is 13.8. The third-order valence-corrected chi connectivity index (χ3v) is 2.78. The van der Waals surface area contributed by atoms with Crippen molar-refractivity contribution in [2.24, 2.45) is 0 Å². The fraction of sp³-hybridized carbons (Fsp3) is 0.667. The molecule has 0 bridgehead atoms. The Morgan fingerprint density at radius 3 is 2.93 bits per heavy atom. The maximum atomic E-state index is 11.9. The lowest BCUT2D eigenvalue weighted by molar-refractivity contribution is 0.0646. The number of nitrogens with one attached hydrogen (secondary N) is 1. The first-order valence-corrected chi connectivity index (χ1v) is 4.79. The number of carbonyl (C=O) groups is 1. The molecule has 1 amide bonds. The Balaban J connectivity index is 2.20. The molecule has 14 heavy (non-hydrogen) atoms. The van der Waals surface area contributed by atoms with Gasteiger partial charge in [0, 0.05) is 12.1 Å². The van der Waals surface area contributed by atoms with Gasteiger partial charge in [-0.05, 0) is 26.7 Å². The molecule has 5 nitrogen and oxygen atoms in total. The predicted octanol–water partition coefficient (Wildman–Crippen LogP) is 0.819. The molecule has 1 aromatic heterocycles. The summed E-state index contributed by atoms with van der Waals surface area (Å²) < 4.78 is 0. The lowest BCUT2D eigenvalue weighted by Crippen LogP contribution is -2.42. The Bertz CT molecular complexity index is 331. The van der Waals surface area contributed by atoms with Gasteiger partial charge in [-0.25, -0.2) is 0 Å². The van der Waals surface area contributed by atoms with Gasteiger partial charge >= 0.3 is 0 Å². The smallest absolute Gasteiger partial charge is 0.276 e. The van der Waals surface area contributed by atoms with Crippen LogP contribution >= 0.6 is 0 Å². The maximum absolute atomic E-state index is 11.9. The number of nitrogens with zero attached hydrogens (tertiary/aromatic N) is 3. The quantitative estimate of drug-likeness (QED) is 0.720. The number of hydrogen-bond donors (Lipinski definition) is 1. The topological polar surface area (TPSA) is 61.9 Å². The molecular weight excluding hydrogens is 180 g/mol. The van der Waals surface area contributed by atoms with E-state index in [2.05, 4.69) is 29.3 Å². The summed E-state index contributed by atoms with van der Waals surface area (Å²) >= 11 is 0. The number of aromatic nitrogens is 3. The molecule has 1 fully saturated rings. The number of H-pyrrole nitrogens is 1. The average molecular weight is 194 g/mol. The highest BCUT2D eigenvalue weighted by molar-refractivity contribution is 5.92. The van der Waals surface area contributed by atoms with E-state index < -0.39 is 0 Å². The van der Waals surface area contributed by atoms with Gasteiger partial charge in [0.25, 0.3) is 5.91 Å². The van der Waals surface area contributed by atoms with E-state index in [1.54, 1.807) is 0 Å². The van der Waals surface area contributed by atoms with Gasteiger partial charge in [-0.1, -0.05) is 0 Å². The molecular formula is C9H14N4O. The molecule has 0 saturated carbocycles. The van der Waals surface area contributed by atoms with Crippen LogP contribution in [-0.2, 0) is 0 Å². The molecule has 1 aliphatic rings. The van der Waals surface area contributed by atoms with Crippen LogP contribution in [0.4, 0.5) is 0 Å². The summed E-state index contributed by atoms with van der Waals surface area (Å²) in [6, 6.07) is 0. The molecule has 5 heteroatoms. The number of amides is 1. The van der Waals surface area contributed by atoms with Gasteiger partial charge < -0.3 is 4.90 Å². The fourth-order valence-corrected chi connectivity index (χ4v) is 1.93. The molecule has 0 unspecified atom stereocenters. The minimum Gasteiger partial charge on any atom is -0.332 e. The highest BCUT2D eigenvalue weighted by Gasteiger charge is 2.36. The first-order chi connectivity index (χ1) is 6.61. The zero-order valence-electron chi connectivity index (χ0n) is 8.45. The van der Waals surface area contributed by atoms with E-state index in [0.717, 1.165) is 19.4 Å². The highest BCUT2D eigenvalue weighted by atomic mass is 16.2. The number of carbonyl (C=O) groups excluding carboxylic acids is 1. The van der Waals surface area contributed by atoms with Crippen molar-refractivity contribution in [2.45, 2.75) is 32.2 Å². The third-order valence-electron chi connectivity index (χ3n) is 2.78. The zero-order chi connectivity index (χ0) is 10.2. The molecule has 1 N–H and O–H groups in total. The van der Waals surface area contributed by atoms with Crippen molar-refractivity contribution in [2.75, 3.05) is 6.54 Å². The van der Waals surface area contributed by atoms with Crippen LogP contribution in [0.25, 0.3) is 0 Å². The van der Waals surface area contributed by atoms with E-state index in [9.17, 15) is 4.79 Å². The average Bonchev–Trinajstić information content (AvgIpc) is 2.71. The van der Waals surface area contributed by atoms with Crippen molar-refractivity contribution in [1.29, 1.82) is 0 Å². The first-order valence-electron chi connectivity index (χ1n) is 4.79. The van der Waals surface area contributed by atoms with E-state index in [4.69, 9.17) is 0 Å². The molecule has 0 aliphatic carbocycles. The standard InChI is InChI=1S/C9H14N4O/c1-9(2)4-3-5-13(9)8(14)7-6-10-12-11-7/h6H,3-5H2,1-2H3,(H,10,11,12). The third kappa shape index (κ3) is 1.38. The minimum absolute atomic E-state index is 0.0266. The molecule has 0 aromatic carbocycles. The summed E-state index contributed by atoms with van der Waals surface area (Å²) in [6.45, 7) is 4.98. The van der Waals surface area contributed by atoms with Gasteiger partial charge in [0.2, 0.25) is 0 Å². The van der Waals surface area contributed by atoms with Crippen molar-refractivity contribution in [3.63, 3.8) is 0 Å². The Kier molecular flexibility index (Phi) is 2.02. The molecule has 0 spiro atoms. The Morgan fingerprint density at radius 2 is 2.43 bits per heavy atom. The Hall–Kier alpha value is -1.39. The lowest BCUT2D eigenvalue weighted by atomic mass is 10.0. The van der Waals surface area contributed by atoms with Gasteiger partial charge in [-0.15, -0.1) is 0 Å². The van der Waals surface area contributed by atoms with Crippen LogP contribution in [0, 0.1) is 0 Å². The molecule has 76 valence electrons. The summed E-state index contributed by atoms with van der Waals surface area (Å²) in [5.41, 5.74) is 0.357. The highest BCUT2D eigenvalue weighted by Crippen LogP contribution is 2.29. The number of rotatable bonds is 1. The van der Waals surface area contributed by atoms with Crippen molar-refractivity contribution in [3.8, 4) is 0 Å². The van der Waals surface area contributed by atoms with Gasteiger partial charge in [-0.2, -0.15) is 15.4 Å². The van der Waals surface area contributed by atoms with Crippen molar-refractivity contribution >= 4 is 5.91 Å². The van der Waals surface area contributed by atoms with Crippen LogP contribution in [0.3, 0.4) is 0 Å². The normalized spacial score (nSPS) is 20.0. The largest absolute Gasteiger partial charge is 0.332 e. The van der Waals surface area contributed by atoms with E-state index in [0.29, 0.717) is 5.69 Å². The molecule has 0 atom stereocenters. The summed E-state index contributed by atoms with van der Waals surface area (Å²) in [6.07, 6.45) is 3.59. The van der Waals surface area contributed by atoms with Crippen molar-refractivity contribution in [1.82, 2.24) is 20.3 Å². The van der Waals surface area contributed by atoms with Gasteiger partial charge in [0.05, 0.1) is 6.20 Å².